The van der Waals surface area contributed by atoms with E-state index in [-0.39, 0.29) is 11.7 Å². The Labute approximate surface area is 136 Å². The van der Waals surface area contributed by atoms with Crippen LogP contribution in [0, 0.1) is 0 Å². The summed E-state index contributed by atoms with van der Waals surface area (Å²) in [4.78, 5) is 24.7. The molecule has 0 fully saturated rings. The van der Waals surface area contributed by atoms with Gasteiger partial charge < -0.3 is 9.04 Å². The lowest BCUT2D eigenvalue weighted by atomic mass is 10.1. The van der Waals surface area contributed by atoms with Gasteiger partial charge in [-0.05, 0) is 29.3 Å². The molecule has 118 valence electrons. The van der Waals surface area contributed by atoms with Gasteiger partial charge in [-0.2, -0.15) is 0 Å². The summed E-state index contributed by atoms with van der Waals surface area (Å²) in [5.74, 6) is -0.255. The maximum atomic E-state index is 11.5. The van der Waals surface area contributed by atoms with Crippen LogP contribution in [0.15, 0.2) is 29.2 Å². The normalized spacial score (nSPS) is 13.8. The highest BCUT2D eigenvalue weighted by molar-refractivity contribution is 7.97. The average molecular weight is 331 g/mol. The fraction of sp³-hybridized carbons (Fsp3) is 0.214. The highest BCUT2D eigenvalue weighted by Crippen LogP contribution is 2.43. The molecule has 1 aliphatic rings. The number of carbonyl (C=O) groups is 2. The molecule has 0 saturated heterocycles. The van der Waals surface area contributed by atoms with Crippen molar-refractivity contribution in [3.63, 3.8) is 0 Å². The molecular weight excluding hydrogens is 318 g/mol. The highest BCUT2D eigenvalue weighted by atomic mass is 32.2. The van der Waals surface area contributed by atoms with Crippen LogP contribution in [0.1, 0.15) is 30.0 Å². The summed E-state index contributed by atoms with van der Waals surface area (Å²) in [7, 11) is 1.80. The molecule has 2 aromatic rings. The van der Waals surface area contributed by atoms with Crippen LogP contribution in [0.2, 0.25) is 0 Å². The van der Waals surface area contributed by atoms with Crippen molar-refractivity contribution in [2.45, 2.75) is 18.7 Å². The SMILES string of the molecule is CC(=O)OC1=C(c2nnn(C(C)=O)n2)N(C)Sc2ccccc21. The van der Waals surface area contributed by atoms with Crippen molar-refractivity contribution in [3.8, 4) is 0 Å². The first kappa shape index (κ1) is 15.2. The van der Waals surface area contributed by atoms with E-state index in [1.165, 1.54) is 25.8 Å². The molecule has 23 heavy (non-hydrogen) atoms. The van der Waals surface area contributed by atoms with Crippen LogP contribution in [-0.4, -0.2) is 43.4 Å². The van der Waals surface area contributed by atoms with Gasteiger partial charge in [0.25, 0.3) is 5.91 Å². The Balaban J connectivity index is 2.20. The van der Waals surface area contributed by atoms with Gasteiger partial charge in [0.05, 0.1) is 0 Å². The zero-order valence-corrected chi connectivity index (χ0v) is 13.5. The third kappa shape index (κ3) is 2.82. The number of ether oxygens (including phenoxy) is 1. The number of tetrazole rings is 1. The van der Waals surface area contributed by atoms with Crippen molar-refractivity contribution in [1.29, 1.82) is 0 Å². The van der Waals surface area contributed by atoms with Crippen LogP contribution >= 0.6 is 11.9 Å². The van der Waals surface area contributed by atoms with Crippen LogP contribution in [0.4, 0.5) is 0 Å². The lowest BCUT2D eigenvalue weighted by Gasteiger charge is -2.28. The van der Waals surface area contributed by atoms with Gasteiger partial charge in [0.2, 0.25) is 5.82 Å². The van der Waals surface area contributed by atoms with Gasteiger partial charge >= 0.3 is 5.97 Å². The minimum Gasteiger partial charge on any atom is -0.424 e. The number of hydrogen-bond donors (Lipinski definition) is 0. The second kappa shape index (κ2) is 5.84. The van der Waals surface area contributed by atoms with Gasteiger partial charge in [0.15, 0.2) is 5.76 Å². The molecule has 0 saturated carbocycles. The summed E-state index contributed by atoms with van der Waals surface area (Å²) < 4.78 is 7.19. The third-order valence-corrected chi connectivity index (χ3v) is 4.06. The Kier molecular flexibility index (Phi) is 3.87. The number of carbonyl (C=O) groups excluding carboxylic acids is 2. The monoisotopic (exact) mass is 331 g/mol. The molecular formula is C14H13N5O3S. The molecule has 0 atom stereocenters. The van der Waals surface area contributed by atoms with Crippen LogP contribution in [0.25, 0.3) is 11.5 Å². The molecule has 0 radical (unpaired) electrons. The number of fused-ring (bicyclic) bond motifs is 1. The van der Waals surface area contributed by atoms with Gasteiger partial charge in [0.1, 0.15) is 5.70 Å². The summed E-state index contributed by atoms with van der Waals surface area (Å²) in [5, 5.41) is 11.7. The first-order valence-electron chi connectivity index (χ1n) is 6.72. The minimum absolute atomic E-state index is 0.209. The van der Waals surface area contributed by atoms with Crippen LogP contribution in [0.3, 0.4) is 0 Å². The minimum atomic E-state index is -0.452. The Morgan fingerprint density at radius 1 is 1.22 bits per heavy atom. The number of rotatable bonds is 2. The number of esters is 1. The van der Waals surface area contributed by atoms with E-state index in [0.29, 0.717) is 11.5 Å². The van der Waals surface area contributed by atoms with E-state index < -0.39 is 5.97 Å². The zero-order valence-electron chi connectivity index (χ0n) is 12.7. The maximum Gasteiger partial charge on any atom is 0.308 e. The Bertz CT molecular complexity index is 829. The number of aromatic nitrogens is 4. The summed E-state index contributed by atoms with van der Waals surface area (Å²) in [6, 6.07) is 7.53. The molecule has 0 amide bonds. The number of nitrogens with zero attached hydrogens (tertiary/aromatic N) is 5. The summed E-state index contributed by atoms with van der Waals surface area (Å²) in [6.45, 7) is 2.66. The van der Waals surface area contributed by atoms with Crippen molar-refractivity contribution < 1.29 is 14.3 Å². The topological polar surface area (TPSA) is 90.2 Å². The predicted molar refractivity (Wildman–Crippen MR) is 82.8 cm³/mol. The summed E-state index contributed by atoms with van der Waals surface area (Å²) in [6.07, 6.45) is 0. The van der Waals surface area contributed by atoms with Crippen molar-refractivity contribution in [3.05, 3.63) is 35.7 Å². The lowest BCUT2D eigenvalue weighted by Crippen LogP contribution is -2.19. The second-order valence-electron chi connectivity index (χ2n) is 4.78. The summed E-state index contributed by atoms with van der Waals surface area (Å²) in [5.41, 5.74) is 1.25. The van der Waals surface area contributed by atoms with Gasteiger partial charge in [0, 0.05) is 31.4 Å². The molecule has 1 aromatic heterocycles. The van der Waals surface area contributed by atoms with Crippen molar-refractivity contribution >= 4 is 35.3 Å². The number of hydrogen-bond acceptors (Lipinski definition) is 8. The molecule has 3 rings (SSSR count). The zero-order chi connectivity index (χ0) is 16.6. The molecule has 0 spiro atoms. The first-order valence-corrected chi connectivity index (χ1v) is 7.50. The van der Waals surface area contributed by atoms with E-state index in [4.69, 9.17) is 4.74 Å². The fourth-order valence-corrected chi connectivity index (χ4v) is 3.08. The fourth-order valence-electron chi connectivity index (χ4n) is 2.13. The second-order valence-corrected chi connectivity index (χ2v) is 5.95. The van der Waals surface area contributed by atoms with E-state index in [0.717, 1.165) is 15.3 Å². The standard InChI is InChI=1S/C14H13N5O3S/c1-8(20)19-16-14(15-17-19)12-13(22-9(2)21)10-6-4-5-7-11(10)23-18(12)3/h4-7H,1-3H3. The maximum absolute atomic E-state index is 11.5. The van der Waals surface area contributed by atoms with Gasteiger partial charge in [-0.3, -0.25) is 9.59 Å². The van der Waals surface area contributed by atoms with E-state index in [9.17, 15) is 9.59 Å². The van der Waals surface area contributed by atoms with Crippen molar-refractivity contribution in [2.24, 2.45) is 0 Å². The number of benzene rings is 1. The molecule has 1 aliphatic heterocycles. The van der Waals surface area contributed by atoms with E-state index in [1.807, 2.05) is 24.3 Å². The Morgan fingerprint density at radius 2 is 1.96 bits per heavy atom. The molecule has 0 bridgehead atoms. The molecule has 1 aromatic carbocycles. The first-order chi connectivity index (χ1) is 11.0. The molecule has 9 heteroatoms. The molecule has 0 aliphatic carbocycles. The van der Waals surface area contributed by atoms with E-state index >= 15 is 0 Å². The smallest absolute Gasteiger partial charge is 0.308 e. The average Bonchev–Trinajstić information content (AvgIpc) is 2.96. The molecule has 2 heterocycles. The van der Waals surface area contributed by atoms with Gasteiger partial charge in [-0.25, -0.2) is 0 Å². The van der Waals surface area contributed by atoms with Gasteiger partial charge in [-0.1, -0.05) is 16.9 Å². The molecule has 0 N–H and O–H groups in total. The third-order valence-electron chi connectivity index (χ3n) is 3.05. The van der Waals surface area contributed by atoms with Crippen LogP contribution in [-0.2, 0) is 9.53 Å². The predicted octanol–water partition coefficient (Wildman–Crippen LogP) is 1.67. The Hall–Kier alpha value is -2.68. The highest BCUT2D eigenvalue weighted by Gasteiger charge is 2.30. The lowest BCUT2D eigenvalue weighted by molar-refractivity contribution is -0.134. The van der Waals surface area contributed by atoms with E-state index in [2.05, 4.69) is 15.4 Å². The molecule has 0 unspecified atom stereocenters. The summed E-state index contributed by atoms with van der Waals surface area (Å²) >= 11 is 1.45. The molecule has 8 nitrogen and oxygen atoms in total. The largest absolute Gasteiger partial charge is 0.424 e. The van der Waals surface area contributed by atoms with Gasteiger partial charge in [-0.15, -0.1) is 10.2 Å². The van der Waals surface area contributed by atoms with Crippen molar-refractivity contribution in [2.75, 3.05) is 7.05 Å². The van der Waals surface area contributed by atoms with Crippen LogP contribution in [0.5, 0.6) is 0 Å². The van der Waals surface area contributed by atoms with Crippen LogP contribution < -0.4 is 0 Å². The quantitative estimate of drug-likeness (QED) is 0.606. The van der Waals surface area contributed by atoms with E-state index in [1.54, 1.807) is 11.4 Å². The van der Waals surface area contributed by atoms with Crippen molar-refractivity contribution in [1.82, 2.24) is 24.5 Å². The Morgan fingerprint density at radius 3 is 2.61 bits per heavy atom.